The quantitative estimate of drug-likeness (QED) is 0.734. The maximum Gasteiger partial charge on any atom is 0.187 e. The van der Waals surface area contributed by atoms with Gasteiger partial charge in [0.15, 0.2) is 11.6 Å². The number of nitrogens with zero attached hydrogens (tertiary/aromatic N) is 4. The van der Waals surface area contributed by atoms with E-state index in [1.165, 1.54) is 16.8 Å². The zero-order valence-electron chi connectivity index (χ0n) is 10.5. The molecular weight excluding hydrogens is 316 g/mol. The summed E-state index contributed by atoms with van der Waals surface area (Å²) in [5, 5.41) is 11.6. The SMILES string of the molecule is Nc1ccc(-c2nnnn2-c2cccc(Cl)c2F)cc1Cl. The molecule has 0 atom stereocenters. The molecule has 1 heterocycles. The Bertz CT molecular complexity index is 818. The molecule has 3 aromatic rings. The molecule has 2 aromatic carbocycles. The van der Waals surface area contributed by atoms with Gasteiger partial charge in [0.1, 0.15) is 5.69 Å². The monoisotopic (exact) mass is 323 g/mol. The van der Waals surface area contributed by atoms with E-state index in [-0.39, 0.29) is 10.7 Å². The molecule has 3 rings (SSSR count). The first-order chi connectivity index (χ1) is 10.1. The molecule has 1 aromatic heterocycles. The predicted octanol–water partition coefficient (Wildman–Crippen LogP) is 3.36. The molecule has 0 saturated heterocycles. The number of aromatic nitrogens is 4. The van der Waals surface area contributed by atoms with Gasteiger partial charge in [-0.25, -0.2) is 4.39 Å². The lowest BCUT2D eigenvalue weighted by molar-refractivity contribution is 0.608. The summed E-state index contributed by atoms with van der Waals surface area (Å²) in [7, 11) is 0. The average molecular weight is 324 g/mol. The van der Waals surface area contributed by atoms with Crippen molar-refractivity contribution < 1.29 is 4.39 Å². The van der Waals surface area contributed by atoms with Gasteiger partial charge < -0.3 is 5.73 Å². The van der Waals surface area contributed by atoms with Gasteiger partial charge in [-0.3, -0.25) is 0 Å². The van der Waals surface area contributed by atoms with E-state index in [1.807, 2.05) is 0 Å². The van der Waals surface area contributed by atoms with Crippen molar-refractivity contribution in [3.05, 3.63) is 52.3 Å². The van der Waals surface area contributed by atoms with Crippen LogP contribution in [0.5, 0.6) is 0 Å². The van der Waals surface area contributed by atoms with E-state index >= 15 is 0 Å². The van der Waals surface area contributed by atoms with Crippen LogP contribution >= 0.6 is 23.2 Å². The number of hydrogen-bond acceptors (Lipinski definition) is 4. The molecule has 8 heteroatoms. The van der Waals surface area contributed by atoms with E-state index in [0.717, 1.165) is 0 Å². The molecule has 5 nitrogen and oxygen atoms in total. The largest absolute Gasteiger partial charge is 0.398 e. The molecule has 21 heavy (non-hydrogen) atoms. The fourth-order valence-electron chi connectivity index (χ4n) is 1.85. The normalized spacial score (nSPS) is 10.8. The third kappa shape index (κ3) is 2.43. The summed E-state index contributed by atoms with van der Waals surface area (Å²) in [4.78, 5) is 0. The lowest BCUT2D eigenvalue weighted by atomic mass is 10.2. The summed E-state index contributed by atoms with van der Waals surface area (Å²) >= 11 is 11.8. The predicted molar refractivity (Wildman–Crippen MR) is 79.0 cm³/mol. The minimum Gasteiger partial charge on any atom is -0.398 e. The smallest absolute Gasteiger partial charge is 0.187 e. The Morgan fingerprint density at radius 3 is 2.67 bits per heavy atom. The second-order valence-electron chi connectivity index (χ2n) is 4.22. The molecular formula is C13H8Cl2FN5. The van der Waals surface area contributed by atoms with E-state index in [2.05, 4.69) is 15.5 Å². The summed E-state index contributed by atoms with van der Waals surface area (Å²) in [6.45, 7) is 0. The van der Waals surface area contributed by atoms with Gasteiger partial charge in [-0.1, -0.05) is 29.3 Å². The van der Waals surface area contributed by atoms with Gasteiger partial charge in [0.25, 0.3) is 0 Å². The lowest BCUT2D eigenvalue weighted by Gasteiger charge is -2.07. The summed E-state index contributed by atoms with van der Waals surface area (Å²) in [6, 6.07) is 9.53. The Morgan fingerprint density at radius 2 is 1.90 bits per heavy atom. The summed E-state index contributed by atoms with van der Waals surface area (Å²) in [5.74, 6) is -0.271. The number of halogens is 3. The van der Waals surface area contributed by atoms with Crippen molar-refractivity contribution in [2.24, 2.45) is 0 Å². The molecule has 0 aliphatic rings. The Hall–Kier alpha value is -2.18. The maximum atomic E-state index is 14.1. The average Bonchev–Trinajstić information content (AvgIpc) is 2.94. The van der Waals surface area contributed by atoms with Crippen LogP contribution in [0.25, 0.3) is 17.1 Å². The number of nitrogens with two attached hydrogens (primary N) is 1. The second kappa shape index (κ2) is 5.31. The van der Waals surface area contributed by atoms with Crippen molar-refractivity contribution in [1.29, 1.82) is 0 Å². The molecule has 0 saturated carbocycles. The lowest BCUT2D eigenvalue weighted by Crippen LogP contribution is -2.03. The van der Waals surface area contributed by atoms with Crippen LogP contribution in [0.2, 0.25) is 10.0 Å². The second-order valence-corrected chi connectivity index (χ2v) is 5.04. The molecule has 106 valence electrons. The highest BCUT2D eigenvalue weighted by atomic mass is 35.5. The molecule has 0 aliphatic heterocycles. The first-order valence-corrected chi connectivity index (χ1v) is 6.61. The number of tetrazole rings is 1. The molecule has 0 unspecified atom stereocenters. The molecule has 0 radical (unpaired) electrons. The van der Waals surface area contributed by atoms with Gasteiger partial charge in [0.2, 0.25) is 0 Å². The molecule has 2 N–H and O–H groups in total. The van der Waals surface area contributed by atoms with Crippen molar-refractivity contribution in [3.8, 4) is 17.1 Å². The minimum absolute atomic E-state index is 0.00992. The highest BCUT2D eigenvalue weighted by Gasteiger charge is 2.16. The van der Waals surface area contributed by atoms with E-state index in [9.17, 15) is 4.39 Å². The number of nitrogen functional groups attached to an aromatic ring is 1. The highest BCUT2D eigenvalue weighted by molar-refractivity contribution is 6.33. The number of rotatable bonds is 2. The van der Waals surface area contributed by atoms with E-state index in [1.54, 1.807) is 24.3 Å². The summed E-state index contributed by atoms with van der Waals surface area (Å²) in [6.07, 6.45) is 0. The van der Waals surface area contributed by atoms with Gasteiger partial charge in [-0.05, 0) is 40.8 Å². The van der Waals surface area contributed by atoms with Gasteiger partial charge in [-0.2, -0.15) is 4.68 Å². The Balaban J connectivity index is 2.17. The Kier molecular flexibility index (Phi) is 3.48. The minimum atomic E-state index is -0.603. The van der Waals surface area contributed by atoms with Gasteiger partial charge in [-0.15, -0.1) is 5.10 Å². The van der Waals surface area contributed by atoms with E-state index in [4.69, 9.17) is 28.9 Å². The highest BCUT2D eigenvalue weighted by Crippen LogP contribution is 2.28. The first kappa shape index (κ1) is 13.8. The third-order valence-electron chi connectivity index (χ3n) is 2.89. The first-order valence-electron chi connectivity index (χ1n) is 5.86. The van der Waals surface area contributed by atoms with Gasteiger partial charge in [0.05, 0.1) is 15.7 Å². The topological polar surface area (TPSA) is 69.6 Å². The zero-order valence-corrected chi connectivity index (χ0v) is 12.0. The summed E-state index contributed by atoms with van der Waals surface area (Å²) < 4.78 is 15.4. The van der Waals surface area contributed by atoms with Crippen LogP contribution in [0.15, 0.2) is 36.4 Å². The van der Waals surface area contributed by atoms with E-state index in [0.29, 0.717) is 22.1 Å². The van der Waals surface area contributed by atoms with Crippen LogP contribution in [-0.4, -0.2) is 20.2 Å². The van der Waals surface area contributed by atoms with E-state index < -0.39 is 5.82 Å². The third-order valence-corrected chi connectivity index (χ3v) is 3.51. The van der Waals surface area contributed by atoms with Crippen LogP contribution in [-0.2, 0) is 0 Å². The zero-order chi connectivity index (χ0) is 15.0. The van der Waals surface area contributed by atoms with Crippen LogP contribution in [0, 0.1) is 5.82 Å². The number of benzene rings is 2. The van der Waals surface area contributed by atoms with Gasteiger partial charge >= 0.3 is 0 Å². The van der Waals surface area contributed by atoms with Crippen LogP contribution in [0.1, 0.15) is 0 Å². The van der Waals surface area contributed by atoms with Gasteiger partial charge in [0, 0.05) is 5.56 Å². The van der Waals surface area contributed by atoms with Crippen molar-refractivity contribution in [1.82, 2.24) is 20.2 Å². The summed E-state index contributed by atoms with van der Waals surface area (Å²) in [5.41, 5.74) is 6.86. The Labute approximate surface area is 129 Å². The molecule has 0 bridgehead atoms. The van der Waals surface area contributed by atoms with Crippen molar-refractivity contribution >= 4 is 28.9 Å². The fourth-order valence-corrected chi connectivity index (χ4v) is 2.20. The van der Waals surface area contributed by atoms with Crippen molar-refractivity contribution in [2.75, 3.05) is 5.73 Å². The molecule has 0 spiro atoms. The van der Waals surface area contributed by atoms with Crippen LogP contribution in [0.4, 0.5) is 10.1 Å². The molecule has 0 aliphatic carbocycles. The number of hydrogen-bond donors (Lipinski definition) is 1. The van der Waals surface area contributed by atoms with Crippen LogP contribution in [0.3, 0.4) is 0 Å². The molecule has 0 fully saturated rings. The standard InChI is InChI=1S/C13H8Cl2FN5/c14-8-2-1-3-11(12(8)16)21-13(18-19-20-21)7-4-5-10(17)9(15)6-7/h1-6H,17H2. The van der Waals surface area contributed by atoms with Crippen LogP contribution < -0.4 is 5.73 Å². The fraction of sp³-hybridized carbons (Fsp3) is 0. The van der Waals surface area contributed by atoms with Crippen molar-refractivity contribution in [2.45, 2.75) is 0 Å². The maximum absolute atomic E-state index is 14.1. The Morgan fingerprint density at radius 1 is 1.10 bits per heavy atom. The molecule has 0 amide bonds. The van der Waals surface area contributed by atoms with Crippen molar-refractivity contribution in [3.63, 3.8) is 0 Å². The number of anilines is 1.